The average Bonchev–Trinajstić information content (AvgIpc) is 2.76. The van der Waals surface area contributed by atoms with E-state index >= 15 is 0 Å². The third-order valence-corrected chi connectivity index (χ3v) is 5.12. The number of carbonyl (C=O) groups is 3. The Hall–Kier alpha value is -3.40. The maximum absolute atomic E-state index is 12.6. The second kappa shape index (κ2) is 12.0. The van der Waals surface area contributed by atoms with E-state index in [0.717, 1.165) is 5.56 Å². The van der Waals surface area contributed by atoms with Gasteiger partial charge in [-0.05, 0) is 58.6 Å². The minimum absolute atomic E-state index is 0.172. The fourth-order valence-electron chi connectivity index (χ4n) is 2.79. The SMILES string of the molecule is COc1cc(C=NNC(=O)C(NC(=O)c2ccc(C)cc2)C(C)C)cc(Br)c1OCC(=O)O. The first-order valence-electron chi connectivity index (χ1n) is 10.0. The van der Waals surface area contributed by atoms with Crippen LogP contribution in [0.3, 0.4) is 0 Å². The van der Waals surface area contributed by atoms with Gasteiger partial charge in [0.15, 0.2) is 18.1 Å². The highest BCUT2D eigenvalue weighted by Crippen LogP contribution is 2.36. The number of halogens is 1. The molecule has 33 heavy (non-hydrogen) atoms. The van der Waals surface area contributed by atoms with Crippen molar-refractivity contribution in [3.05, 3.63) is 57.6 Å². The largest absolute Gasteiger partial charge is 0.493 e. The number of hydrogen-bond acceptors (Lipinski definition) is 6. The highest BCUT2D eigenvalue weighted by Gasteiger charge is 2.24. The van der Waals surface area contributed by atoms with Crippen LogP contribution < -0.4 is 20.2 Å². The van der Waals surface area contributed by atoms with Gasteiger partial charge >= 0.3 is 5.97 Å². The lowest BCUT2D eigenvalue weighted by Crippen LogP contribution is -2.48. The molecule has 2 aromatic carbocycles. The molecule has 2 amide bonds. The molecule has 1 atom stereocenters. The fourth-order valence-corrected chi connectivity index (χ4v) is 3.37. The van der Waals surface area contributed by atoms with Crippen molar-refractivity contribution >= 4 is 39.9 Å². The van der Waals surface area contributed by atoms with Gasteiger partial charge in [-0.25, -0.2) is 10.2 Å². The number of amides is 2. The molecule has 0 aliphatic heterocycles. The molecule has 3 N–H and O–H groups in total. The third-order valence-electron chi connectivity index (χ3n) is 4.53. The molecule has 2 rings (SSSR count). The Balaban J connectivity index is 2.08. The van der Waals surface area contributed by atoms with E-state index in [9.17, 15) is 14.4 Å². The number of carboxylic acids is 1. The van der Waals surface area contributed by atoms with Crippen LogP contribution in [0.5, 0.6) is 11.5 Å². The Bertz CT molecular complexity index is 1040. The first-order chi connectivity index (χ1) is 15.6. The number of hydrazone groups is 1. The van der Waals surface area contributed by atoms with Gasteiger partial charge in [0.1, 0.15) is 6.04 Å². The van der Waals surface area contributed by atoms with E-state index in [0.29, 0.717) is 21.3 Å². The third kappa shape index (κ3) is 7.60. The molecule has 0 aromatic heterocycles. The molecule has 0 aliphatic rings. The lowest BCUT2D eigenvalue weighted by atomic mass is 10.0. The number of nitrogens with one attached hydrogen (secondary N) is 2. The number of rotatable bonds is 10. The molecule has 0 heterocycles. The van der Waals surface area contributed by atoms with Crippen molar-refractivity contribution in [1.29, 1.82) is 0 Å². The van der Waals surface area contributed by atoms with Crippen molar-refractivity contribution in [2.24, 2.45) is 11.0 Å². The number of nitrogens with zero attached hydrogens (tertiary/aromatic N) is 1. The van der Waals surface area contributed by atoms with E-state index in [2.05, 4.69) is 31.8 Å². The van der Waals surface area contributed by atoms with Gasteiger partial charge in [-0.3, -0.25) is 9.59 Å². The first-order valence-corrected chi connectivity index (χ1v) is 10.8. The zero-order chi connectivity index (χ0) is 24.5. The van der Waals surface area contributed by atoms with Crippen molar-refractivity contribution in [1.82, 2.24) is 10.7 Å². The Labute approximate surface area is 200 Å². The maximum Gasteiger partial charge on any atom is 0.341 e. The highest BCUT2D eigenvalue weighted by molar-refractivity contribution is 9.10. The van der Waals surface area contributed by atoms with Gasteiger partial charge in [0.05, 0.1) is 17.8 Å². The molecule has 10 heteroatoms. The lowest BCUT2D eigenvalue weighted by Gasteiger charge is -2.20. The number of aliphatic carboxylic acids is 1. The predicted molar refractivity (Wildman–Crippen MR) is 127 cm³/mol. The van der Waals surface area contributed by atoms with Crippen molar-refractivity contribution in [3.8, 4) is 11.5 Å². The summed E-state index contributed by atoms with van der Waals surface area (Å²) in [6.45, 7) is 5.04. The average molecular weight is 520 g/mol. The summed E-state index contributed by atoms with van der Waals surface area (Å²) in [4.78, 5) is 35.9. The van der Waals surface area contributed by atoms with Crippen LogP contribution in [0.4, 0.5) is 0 Å². The number of hydrogen-bond donors (Lipinski definition) is 3. The molecule has 0 fully saturated rings. The molecular weight excluding hydrogens is 494 g/mol. The van der Waals surface area contributed by atoms with Gasteiger partial charge in [0.25, 0.3) is 11.8 Å². The smallest absolute Gasteiger partial charge is 0.341 e. The summed E-state index contributed by atoms with van der Waals surface area (Å²) in [5, 5.41) is 15.5. The van der Waals surface area contributed by atoms with E-state index in [-0.39, 0.29) is 17.6 Å². The quantitative estimate of drug-likeness (QED) is 0.327. The molecule has 0 aliphatic carbocycles. The highest BCUT2D eigenvalue weighted by atomic mass is 79.9. The molecule has 0 radical (unpaired) electrons. The molecule has 1 unspecified atom stereocenters. The normalized spacial score (nSPS) is 11.8. The van der Waals surface area contributed by atoms with E-state index in [1.807, 2.05) is 32.9 Å². The number of methoxy groups -OCH3 is 1. The van der Waals surface area contributed by atoms with Crippen LogP contribution in [0.1, 0.15) is 35.3 Å². The van der Waals surface area contributed by atoms with E-state index < -0.39 is 24.5 Å². The topological polar surface area (TPSA) is 126 Å². The predicted octanol–water partition coefficient (Wildman–Crippen LogP) is 3.13. The Morgan fingerprint density at radius 1 is 1.18 bits per heavy atom. The summed E-state index contributed by atoms with van der Waals surface area (Å²) < 4.78 is 10.9. The Morgan fingerprint density at radius 3 is 2.42 bits per heavy atom. The monoisotopic (exact) mass is 519 g/mol. The lowest BCUT2D eigenvalue weighted by molar-refractivity contribution is -0.139. The zero-order valence-corrected chi connectivity index (χ0v) is 20.3. The van der Waals surface area contributed by atoms with Gasteiger partial charge in [-0.2, -0.15) is 5.10 Å². The minimum atomic E-state index is -1.12. The molecule has 176 valence electrons. The molecule has 0 spiro atoms. The van der Waals surface area contributed by atoms with E-state index in [1.54, 1.807) is 24.3 Å². The second-order valence-electron chi connectivity index (χ2n) is 7.51. The van der Waals surface area contributed by atoms with E-state index in [1.165, 1.54) is 13.3 Å². The molecule has 2 aromatic rings. The molecule has 0 saturated heterocycles. The van der Waals surface area contributed by atoms with Gasteiger partial charge in [-0.1, -0.05) is 31.5 Å². The van der Waals surface area contributed by atoms with Crippen LogP contribution in [-0.2, 0) is 9.59 Å². The van der Waals surface area contributed by atoms with Crippen LogP contribution in [0.2, 0.25) is 0 Å². The van der Waals surface area contributed by atoms with E-state index in [4.69, 9.17) is 14.6 Å². The molecular formula is C23H26BrN3O6. The van der Waals surface area contributed by atoms with Crippen molar-refractivity contribution in [2.45, 2.75) is 26.8 Å². The second-order valence-corrected chi connectivity index (χ2v) is 8.37. The number of benzene rings is 2. The van der Waals surface area contributed by atoms with Gasteiger partial charge in [-0.15, -0.1) is 0 Å². The van der Waals surface area contributed by atoms with Crippen LogP contribution in [-0.4, -0.2) is 48.9 Å². The van der Waals surface area contributed by atoms with Crippen LogP contribution in [0.15, 0.2) is 46.0 Å². The maximum atomic E-state index is 12.6. The summed E-state index contributed by atoms with van der Waals surface area (Å²) in [6.07, 6.45) is 1.39. The Kier molecular flexibility index (Phi) is 9.41. The summed E-state index contributed by atoms with van der Waals surface area (Å²) in [7, 11) is 1.42. The van der Waals surface area contributed by atoms with Crippen molar-refractivity contribution in [3.63, 3.8) is 0 Å². The number of carboxylic acid groups (broad SMARTS) is 1. The molecule has 0 bridgehead atoms. The van der Waals surface area contributed by atoms with Gasteiger partial charge in [0, 0.05) is 5.56 Å². The van der Waals surface area contributed by atoms with Crippen LogP contribution in [0, 0.1) is 12.8 Å². The van der Waals surface area contributed by atoms with Crippen molar-refractivity contribution in [2.75, 3.05) is 13.7 Å². The van der Waals surface area contributed by atoms with Gasteiger partial charge < -0.3 is 19.9 Å². The van der Waals surface area contributed by atoms with Crippen molar-refractivity contribution < 1.29 is 29.0 Å². The number of aryl methyl sites for hydroxylation is 1. The van der Waals surface area contributed by atoms with Crippen LogP contribution >= 0.6 is 15.9 Å². The summed E-state index contributed by atoms with van der Waals surface area (Å²) >= 11 is 3.31. The molecule has 0 saturated carbocycles. The number of ether oxygens (including phenoxy) is 2. The minimum Gasteiger partial charge on any atom is -0.493 e. The number of carbonyl (C=O) groups excluding carboxylic acids is 2. The summed E-state index contributed by atoms with van der Waals surface area (Å²) in [5.41, 5.74) is 4.50. The Morgan fingerprint density at radius 2 is 1.85 bits per heavy atom. The van der Waals surface area contributed by atoms with Crippen LogP contribution in [0.25, 0.3) is 0 Å². The summed E-state index contributed by atoms with van der Waals surface area (Å²) in [6, 6.07) is 9.48. The van der Waals surface area contributed by atoms with Gasteiger partial charge in [0.2, 0.25) is 0 Å². The standard InChI is InChI=1S/C23H26BrN3O6/c1-13(2)20(26-22(30)16-7-5-14(3)6-8-16)23(31)27-25-11-15-9-17(24)21(18(10-15)32-4)33-12-19(28)29/h5-11,13,20H,12H2,1-4H3,(H,26,30)(H,27,31)(H,28,29). The summed E-state index contributed by atoms with van der Waals surface area (Å²) in [5.74, 6) is -1.57. The first kappa shape index (κ1) is 25.9. The molecule has 9 nitrogen and oxygen atoms in total. The fraction of sp³-hybridized carbons (Fsp3) is 0.304. The zero-order valence-electron chi connectivity index (χ0n) is 18.7.